The fourth-order valence-corrected chi connectivity index (χ4v) is 4.32. The van der Waals surface area contributed by atoms with Gasteiger partial charge in [0.25, 0.3) is 0 Å². The zero-order chi connectivity index (χ0) is 21.2. The number of nitrogens with zero attached hydrogens (tertiary/aromatic N) is 1. The van der Waals surface area contributed by atoms with Crippen LogP contribution in [0.15, 0.2) is 36.4 Å². The lowest BCUT2D eigenvalue weighted by Gasteiger charge is -2.34. The number of carbonyl (C=O) groups is 1. The molecule has 1 saturated heterocycles. The monoisotopic (exact) mass is 412 g/mol. The second-order valence-corrected chi connectivity index (χ2v) is 9.99. The molecule has 0 aliphatic carbocycles. The Kier molecular flexibility index (Phi) is 6.58. The average Bonchev–Trinajstić information content (AvgIpc) is 2.64. The number of benzene rings is 2. The molecule has 0 atom stereocenters. The Bertz CT molecular complexity index is 836. The number of carbonyl (C=O) groups excluding carboxylic acids is 1. The van der Waals surface area contributed by atoms with Crippen LogP contribution in [0.1, 0.15) is 62.6 Å². The second kappa shape index (κ2) is 8.79. The van der Waals surface area contributed by atoms with Crippen LogP contribution in [-0.4, -0.2) is 19.0 Å². The van der Waals surface area contributed by atoms with Crippen molar-refractivity contribution in [2.45, 2.75) is 59.8 Å². The Morgan fingerprint density at radius 3 is 2.14 bits per heavy atom. The lowest BCUT2D eigenvalue weighted by Crippen LogP contribution is -2.33. The second-order valence-electron chi connectivity index (χ2n) is 9.55. The van der Waals surface area contributed by atoms with E-state index in [-0.39, 0.29) is 11.3 Å². The van der Waals surface area contributed by atoms with Crippen molar-refractivity contribution in [2.24, 2.45) is 5.41 Å². The highest BCUT2D eigenvalue weighted by Crippen LogP contribution is 2.34. The van der Waals surface area contributed by atoms with Gasteiger partial charge in [-0.25, -0.2) is 0 Å². The molecule has 1 fully saturated rings. The van der Waals surface area contributed by atoms with Crippen molar-refractivity contribution in [3.63, 3.8) is 0 Å². The third-order valence-corrected chi connectivity index (χ3v) is 5.93. The van der Waals surface area contributed by atoms with Crippen LogP contribution in [0, 0.1) is 19.3 Å². The molecule has 1 aliphatic heterocycles. The molecule has 0 bridgehead atoms. The summed E-state index contributed by atoms with van der Waals surface area (Å²) < 4.78 is 0. The summed E-state index contributed by atoms with van der Waals surface area (Å²) in [6.07, 6.45) is 2.80. The summed E-state index contributed by atoms with van der Waals surface area (Å²) in [5.74, 6) is 0.682. The highest BCUT2D eigenvalue weighted by molar-refractivity contribution is 6.30. The summed E-state index contributed by atoms with van der Waals surface area (Å²) in [7, 11) is 0. The molecule has 3 nitrogen and oxygen atoms in total. The number of nitrogens with one attached hydrogen (secondary N) is 1. The SMILES string of the molecule is Cc1cc(N2CCC(c3ccc(Cl)cc3)CC2)cc(C)c1NC(=O)CC(C)(C)C. The van der Waals surface area contributed by atoms with Gasteiger partial charge < -0.3 is 10.2 Å². The molecule has 2 aromatic rings. The molecule has 0 unspecified atom stereocenters. The number of anilines is 2. The third-order valence-electron chi connectivity index (χ3n) is 5.67. The zero-order valence-corrected chi connectivity index (χ0v) is 19.1. The van der Waals surface area contributed by atoms with Crippen LogP contribution in [-0.2, 0) is 4.79 Å². The molecule has 1 aliphatic rings. The smallest absolute Gasteiger partial charge is 0.224 e. The van der Waals surface area contributed by atoms with Gasteiger partial charge in [0, 0.05) is 35.9 Å². The summed E-state index contributed by atoms with van der Waals surface area (Å²) in [5.41, 5.74) is 5.84. The normalized spacial score (nSPS) is 15.4. The first-order valence-electron chi connectivity index (χ1n) is 10.5. The van der Waals surface area contributed by atoms with Crippen LogP contribution in [0.5, 0.6) is 0 Å². The average molecular weight is 413 g/mol. The first-order chi connectivity index (χ1) is 13.6. The van der Waals surface area contributed by atoms with E-state index in [4.69, 9.17) is 11.6 Å². The minimum atomic E-state index is -0.0136. The van der Waals surface area contributed by atoms with E-state index in [2.05, 4.69) is 69.1 Å². The van der Waals surface area contributed by atoms with Gasteiger partial charge >= 0.3 is 0 Å². The minimum Gasteiger partial charge on any atom is -0.371 e. The van der Waals surface area contributed by atoms with E-state index < -0.39 is 0 Å². The maximum atomic E-state index is 12.4. The molecule has 1 heterocycles. The molecule has 1 N–H and O–H groups in total. The van der Waals surface area contributed by atoms with Crippen molar-refractivity contribution in [3.8, 4) is 0 Å². The van der Waals surface area contributed by atoms with Crippen LogP contribution in [0.25, 0.3) is 0 Å². The highest BCUT2D eigenvalue weighted by atomic mass is 35.5. The predicted octanol–water partition coefficient (Wildman–Crippen LogP) is 6.72. The van der Waals surface area contributed by atoms with Gasteiger partial charge in [0.2, 0.25) is 5.91 Å². The molecule has 156 valence electrons. The summed E-state index contributed by atoms with van der Waals surface area (Å²) in [4.78, 5) is 14.8. The molecule has 29 heavy (non-hydrogen) atoms. The van der Waals surface area contributed by atoms with Crippen molar-refractivity contribution in [2.75, 3.05) is 23.3 Å². The van der Waals surface area contributed by atoms with Crippen molar-refractivity contribution < 1.29 is 4.79 Å². The molecule has 0 saturated carbocycles. The first-order valence-corrected chi connectivity index (χ1v) is 10.9. The van der Waals surface area contributed by atoms with E-state index in [9.17, 15) is 4.79 Å². The Morgan fingerprint density at radius 2 is 1.62 bits per heavy atom. The van der Waals surface area contributed by atoms with Crippen LogP contribution in [0.3, 0.4) is 0 Å². The Morgan fingerprint density at radius 1 is 1.07 bits per heavy atom. The largest absolute Gasteiger partial charge is 0.371 e. The van der Waals surface area contributed by atoms with E-state index in [1.807, 2.05) is 12.1 Å². The molecular weight excluding hydrogens is 380 g/mol. The van der Waals surface area contributed by atoms with Crippen LogP contribution >= 0.6 is 11.6 Å². The van der Waals surface area contributed by atoms with E-state index in [0.717, 1.165) is 47.8 Å². The minimum absolute atomic E-state index is 0.0136. The standard InChI is InChI=1S/C25H33ClN2O/c1-17-14-22(15-18(2)24(17)27-23(29)16-25(3,4)5)28-12-10-20(11-13-28)19-6-8-21(26)9-7-19/h6-9,14-15,20H,10-13,16H2,1-5H3,(H,27,29). The van der Waals surface area contributed by atoms with Gasteiger partial charge in [-0.15, -0.1) is 0 Å². The fourth-order valence-electron chi connectivity index (χ4n) is 4.19. The lowest BCUT2D eigenvalue weighted by molar-refractivity contribution is -0.117. The van der Waals surface area contributed by atoms with Gasteiger partial charge in [-0.1, -0.05) is 44.5 Å². The number of piperidine rings is 1. The molecule has 3 rings (SSSR count). The molecule has 1 amide bonds. The maximum absolute atomic E-state index is 12.4. The van der Waals surface area contributed by atoms with Crippen molar-refractivity contribution in [1.82, 2.24) is 0 Å². The van der Waals surface area contributed by atoms with E-state index in [1.54, 1.807) is 0 Å². The molecule has 0 spiro atoms. The lowest BCUT2D eigenvalue weighted by atomic mass is 9.89. The number of rotatable bonds is 4. The fraction of sp³-hybridized carbons (Fsp3) is 0.480. The van der Waals surface area contributed by atoms with E-state index >= 15 is 0 Å². The van der Waals surface area contributed by atoms with Gasteiger partial charge in [-0.05, 0) is 79.0 Å². The van der Waals surface area contributed by atoms with Crippen molar-refractivity contribution >= 4 is 28.9 Å². The third kappa shape index (κ3) is 5.76. The maximum Gasteiger partial charge on any atom is 0.224 e. The topological polar surface area (TPSA) is 32.3 Å². The number of hydrogen-bond donors (Lipinski definition) is 1. The van der Waals surface area contributed by atoms with E-state index in [0.29, 0.717) is 12.3 Å². The molecule has 4 heteroatoms. The summed E-state index contributed by atoms with van der Waals surface area (Å²) in [6.45, 7) is 12.5. The van der Waals surface area contributed by atoms with Gasteiger partial charge in [0.05, 0.1) is 0 Å². The Balaban J connectivity index is 1.66. The highest BCUT2D eigenvalue weighted by Gasteiger charge is 2.22. The number of amides is 1. The Hall–Kier alpha value is -2.00. The number of hydrogen-bond acceptors (Lipinski definition) is 2. The predicted molar refractivity (Wildman–Crippen MR) is 124 cm³/mol. The molecule has 0 aromatic heterocycles. The molecular formula is C25H33ClN2O. The van der Waals surface area contributed by atoms with Crippen molar-refractivity contribution in [3.05, 3.63) is 58.1 Å². The van der Waals surface area contributed by atoms with Crippen molar-refractivity contribution in [1.29, 1.82) is 0 Å². The summed E-state index contributed by atoms with van der Waals surface area (Å²) in [6, 6.07) is 12.7. The van der Waals surface area contributed by atoms with E-state index in [1.165, 1.54) is 11.3 Å². The van der Waals surface area contributed by atoms with Gasteiger partial charge in [-0.2, -0.15) is 0 Å². The van der Waals surface area contributed by atoms with Gasteiger partial charge in [0.1, 0.15) is 0 Å². The number of halogens is 1. The van der Waals surface area contributed by atoms with Gasteiger partial charge in [-0.3, -0.25) is 4.79 Å². The van der Waals surface area contributed by atoms with Gasteiger partial charge in [0.15, 0.2) is 0 Å². The van der Waals surface area contributed by atoms with Crippen LogP contribution in [0.2, 0.25) is 5.02 Å². The molecule has 0 radical (unpaired) electrons. The summed E-state index contributed by atoms with van der Waals surface area (Å²) in [5, 5.41) is 3.93. The van der Waals surface area contributed by atoms with Crippen LogP contribution in [0.4, 0.5) is 11.4 Å². The Labute approximate surface area is 180 Å². The molecule has 2 aromatic carbocycles. The quantitative estimate of drug-likeness (QED) is 0.604. The first kappa shape index (κ1) is 21.7. The number of aryl methyl sites for hydroxylation is 2. The zero-order valence-electron chi connectivity index (χ0n) is 18.3. The summed E-state index contributed by atoms with van der Waals surface area (Å²) >= 11 is 6.02. The van der Waals surface area contributed by atoms with Crippen LogP contribution < -0.4 is 10.2 Å².